The number of para-hydroxylation sites is 1. The Morgan fingerprint density at radius 3 is 2.72 bits per heavy atom. The minimum Gasteiger partial charge on any atom is -0.496 e. The predicted octanol–water partition coefficient (Wildman–Crippen LogP) is 4.63. The highest BCUT2D eigenvalue weighted by Gasteiger charge is 2.26. The highest BCUT2D eigenvalue weighted by molar-refractivity contribution is 6.06. The first-order valence-corrected chi connectivity index (χ1v) is 9.22. The molecule has 148 valence electrons. The van der Waals surface area contributed by atoms with Crippen molar-refractivity contribution < 1.29 is 18.5 Å². The fourth-order valence-electron chi connectivity index (χ4n) is 3.40. The molecule has 0 saturated heterocycles. The Kier molecular flexibility index (Phi) is 4.80. The summed E-state index contributed by atoms with van der Waals surface area (Å²) in [5.41, 5.74) is 2.81. The second-order valence-electron chi connectivity index (χ2n) is 6.81. The molecule has 3 aromatic heterocycles. The lowest BCUT2D eigenvalue weighted by atomic mass is 10.0. The molecule has 1 amide bonds. The Bertz CT molecular complexity index is 1160. The third kappa shape index (κ3) is 3.24. The number of hydrogen-bond donors (Lipinski definition) is 0. The van der Waals surface area contributed by atoms with E-state index in [1.165, 1.54) is 0 Å². The zero-order valence-electron chi connectivity index (χ0n) is 16.7. The number of amides is 1. The first-order valence-electron chi connectivity index (χ1n) is 9.22. The van der Waals surface area contributed by atoms with Gasteiger partial charge in [0.1, 0.15) is 11.4 Å². The largest absolute Gasteiger partial charge is 0.496 e. The Hall–Kier alpha value is -3.61. The highest BCUT2D eigenvalue weighted by Crippen LogP contribution is 2.32. The zero-order valence-corrected chi connectivity index (χ0v) is 16.7. The lowest BCUT2D eigenvalue weighted by Crippen LogP contribution is -2.30. The van der Waals surface area contributed by atoms with Crippen molar-refractivity contribution in [1.29, 1.82) is 0 Å². The van der Waals surface area contributed by atoms with Crippen LogP contribution in [0.15, 0.2) is 57.7 Å². The summed E-state index contributed by atoms with van der Waals surface area (Å²) in [4.78, 5) is 19.6. The molecule has 0 saturated carbocycles. The van der Waals surface area contributed by atoms with Crippen LogP contribution in [0.4, 0.5) is 0 Å². The second kappa shape index (κ2) is 7.43. The maximum absolute atomic E-state index is 13.5. The van der Waals surface area contributed by atoms with E-state index in [-0.39, 0.29) is 11.9 Å². The van der Waals surface area contributed by atoms with Crippen LogP contribution in [0.3, 0.4) is 0 Å². The summed E-state index contributed by atoms with van der Waals surface area (Å²) >= 11 is 0. The van der Waals surface area contributed by atoms with Crippen molar-refractivity contribution in [3.05, 3.63) is 65.5 Å². The Morgan fingerprint density at radius 1 is 1.21 bits per heavy atom. The number of rotatable bonds is 5. The number of hydrogen-bond acceptors (Lipinski definition) is 6. The fourth-order valence-corrected chi connectivity index (χ4v) is 3.40. The molecule has 0 aliphatic carbocycles. The molecule has 3 heterocycles. The van der Waals surface area contributed by atoms with Gasteiger partial charge < -0.3 is 18.6 Å². The van der Waals surface area contributed by atoms with E-state index in [0.29, 0.717) is 33.8 Å². The quantitative estimate of drug-likeness (QED) is 0.493. The third-order valence-electron chi connectivity index (χ3n) is 5.11. The standard InChI is InChI=1S/C22H21N3O4/c1-13-20-16(12-17(19-10-7-11-28-19)23-21(20)29-24-13)22(26)25(3)14(2)15-8-5-6-9-18(15)27-4/h5-12,14H,1-4H3. The summed E-state index contributed by atoms with van der Waals surface area (Å²) in [5.74, 6) is 1.11. The molecule has 4 rings (SSSR count). The molecule has 0 fully saturated rings. The van der Waals surface area contributed by atoms with Gasteiger partial charge in [0.2, 0.25) is 0 Å². The van der Waals surface area contributed by atoms with Gasteiger partial charge in [-0.15, -0.1) is 0 Å². The van der Waals surface area contributed by atoms with Crippen LogP contribution in [0.2, 0.25) is 0 Å². The van der Waals surface area contributed by atoms with E-state index in [9.17, 15) is 4.79 Å². The number of methoxy groups -OCH3 is 1. The predicted molar refractivity (Wildman–Crippen MR) is 108 cm³/mol. The van der Waals surface area contributed by atoms with Gasteiger partial charge in [0, 0.05) is 12.6 Å². The number of carbonyl (C=O) groups is 1. The number of nitrogens with zero attached hydrogens (tertiary/aromatic N) is 3. The summed E-state index contributed by atoms with van der Waals surface area (Å²) in [6.45, 7) is 3.75. The SMILES string of the molecule is COc1ccccc1C(C)N(C)C(=O)c1cc(-c2ccco2)nc2onc(C)c12. The molecule has 0 bridgehead atoms. The molecule has 1 atom stereocenters. The lowest BCUT2D eigenvalue weighted by molar-refractivity contribution is 0.0743. The molecule has 4 aromatic rings. The molecule has 0 aliphatic rings. The number of ether oxygens (including phenoxy) is 1. The topological polar surface area (TPSA) is 81.6 Å². The van der Waals surface area contributed by atoms with Gasteiger partial charge >= 0.3 is 0 Å². The highest BCUT2D eigenvalue weighted by atomic mass is 16.5. The Balaban J connectivity index is 1.79. The van der Waals surface area contributed by atoms with Gasteiger partial charge in [0.15, 0.2) is 5.76 Å². The Morgan fingerprint density at radius 2 is 2.00 bits per heavy atom. The molecule has 1 unspecified atom stereocenters. The van der Waals surface area contributed by atoms with E-state index in [4.69, 9.17) is 13.7 Å². The van der Waals surface area contributed by atoms with E-state index < -0.39 is 0 Å². The van der Waals surface area contributed by atoms with Crippen molar-refractivity contribution in [3.63, 3.8) is 0 Å². The molecule has 7 nitrogen and oxygen atoms in total. The summed E-state index contributed by atoms with van der Waals surface area (Å²) < 4.78 is 16.3. The van der Waals surface area contributed by atoms with E-state index in [1.807, 2.05) is 31.2 Å². The maximum atomic E-state index is 13.5. The third-order valence-corrected chi connectivity index (χ3v) is 5.11. The van der Waals surface area contributed by atoms with Gasteiger partial charge in [-0.2, -0.15) is 0 Å². The van der Waals surface area contributed by atoms with Crippen molar-refractivity contribution in [2.45, 2.75) is 19.9 Å². The van der Waals surface area contributed by atoms with Crippen LogP contribution in [0, 0.1) is 6.92 Å². The second-order valence-corrected chi connectivity index (χ2v) is 6.81. The molecule has 0 spiro atoms. The van der Waals surface area contributed by atoms with Gasteiger partial charge in [0.05, 0.1) is 36.1 Å². The molecule has 1 aromatic carbocycles. The monoisotopic (exact) mass is 391 g/mol. The van der Waals surface area contributed by atoms with E-state index in [1.54, 1.807) is 50.4 Å². The molecular formula is C22H21N3O4. The molecule has 7 heteroatoms. The minimum absolute atomic E-state index is 0.171. The van der Waals surface area contributed by atoms with Crippen LogP contribution in [0.5, 0.6) is 5.75 Å². The van der Waals surface area contributed by atoms with Crippen LogP contribution in [-0.2, 0) is 0 Å². The number of benzene rings is 1. The average molecular weight is 391 g/mol. The number of pyridine rings is 1. The normalized spacial score (nSPS) is 12.1. The van der Waals surface area contributed by atoms with Crippen molar-refractivity contribution in [3.8, 4) is 17.2 Å². The van der Waals surface area contributed by atoms with Crippen LogP contribution in [0.25, 0.3) is 22.6 Å². The van der Waals surface area contributed by atoms with Crippen LogP contribution in [0.1, 0.15) is 34.6 Å². The van der Waals surface area contributed by atoms with Gasteiger partial charge in [0.25, 0.3) is 11.6 Å². The molecule has 0 aliphatic heterocycles. The van der Waals surface area contributed by atoms with E-state index >= 15 is 0 Å². The average Bonchev–Trinajstić information content (AvgIpc) is 3.42. The number of fused-ring (bicyclic) bond motifs is 1. The van der Waals surface area contributed by atoms with Crippen molar-refractivity contribution in [2.75, 3.05) is 14.2 Å². The summed E-state index contributed by atoms with van der Waals surface area (Å²) in [6, 6.07) is 12.7. The maximum Gasteiger partial charge on any atom is 0.259 e. The fraction of sp³-hybridized carbons (Fsp3) is 0.227. The van der Waals surface area contributed by atoms with Crippen molar-refractivity contribution in [2.24, 2.45) is 0 Å². The summed E-state index contributed by atoms with van der Waals surface area (Å²) in [6.07, 6.45) is 1.56. The van der Waals surface area contributed by atoms with Gasteiger partial charge in [-0.3, -0.25) is 4.79 Å². The molecule has 0 N–H and O–H groups in total. The van der Waals surface area contributed by atoms with Gasteiger partial charge in [-0.25, -0.2) is 4.98 Å². The van der Waals surface area contributed by atoms with E-state index in [0.717, 1.165) is 11.3 Å². The van der Waals surface area contributed by atoms with E-state index in [2.05, 4.69) is 10.1 Å². The van der Waals surface area contributed by atoms with Gasteiger partial charge in [-0.05, 0) is 38.1 Å². The molecule has 29 heavy (non-hydrogen) atoms. The molecular weight excluding hydrogens is 370 g/mol. The summed E-state index contributed by atoms with van der Waals surface area (Å²) in [5, 5.41) is 4.59. The summed E-state index contributed by atoms with van der Waals surface area (Å²) in [7, 11) is 3.39. The van der Waals surface area contributed by atoms with Crippen molar-refractivity contribution >= 4 is 17.0 Å². The number of furan rings is 1. The number of aromatic nitrogens is 2. The number of aryl methyl sites for hydroxylation is 1. The first kappa shape index (κ1) is 18.7. The minimum atomic E-state index is -0.214. The molecule has 0 radical (unpaired) electrons. The number of carbonyl (C=O) groups excluding carboxylic acids is 1. The van der Waals surface area contributed by atoms with Crippen LogP contribution >= 0.6 is 0 Å². The zero-order chi connectivity index (χ0) is 20.5. The first-order chi connectivity index (χ1) is 14.0. The Labute approximate surface area is 167 Å². The van der Waals surface area contributed by atoms with Crippen LogP contribution in [-0.4, -0.2) is 35.1 Å². The van der Waals surface area contributed by atoms with Crippen molar-refractivity contribution in [1.82, 2.24) is 15.0 Å². The van der Waals surface area contributed by atoms with Crippen LogP contribution < -0.4 is 4.74 Å². The smallest absolute Gasteiger partial charge is 0.259 e. The lowest BCUT2D eigenvalue weighted by Gasteiger charge is -2.27. The van der Waals surface area contributed by atoms with Gasteiger partial charge in [-0.1, -0.05) is 23.4 Å².